The Morgan fingerprint density at radius 3 is 2.06 bits per heavy atom. The lowest BCUT2D eigenvalue weighted by Gasteiger charge is -2.10. The minimum Gasteiger partial charge on any atom is -0.489 e. The number of rotatable bonds is 10. The van der Waals surface area contributed by atoms with E-state index in [2.05, 4.69) is 20.0 Å². The van der Waals surface area contributed by atoms with Gasteiger partial charge in [0.05, 0.1) is 4.90 Å². The summed E-state index contributed by atoms with van der Waals surface area (Å²) in [5.41, 5.74) is 1.50. The zero-order chi connectivity index (χ0) is 24.5. The SMILES string of the molecule is O=C(COc1ccc(OCc2ccccc2)cc1)Nc1ccc(S(=O)(=O)Nc2ncccn2)cc1. The summed E-state index contributed by atoms with van der Waals surface area (Å²) in [4.78, 5) is 19.9. The van der Waals surface area contributed by atoms with Crippen LogP contribution in [0.1, 0.15) is 5.56 Å². The number of nitrogens with one attached hydrogen (secondary N) is 2. The highest BCUT2D eigenvalue weighted by Gasteiger charge is 2.15. The van der Waals surface area contributed by atoms with Crippen molar-refractivity contribution in [2.45, 2.75) is 11.5 Å². The summed E-state index contributed by atoms with van der Waals surface area (Å²) < 4.78 is 38.4. The molecule has 2 N–H and O–H groups in total. The Balaban J connectivity index is 1.25. The van der Waals surface area contributed by atoms with Crippen LogP contribution >= 0.6 is 0 Å². The number of nitrogens with zero attached hydrogens (tertiary/aromatic N) is 2. The normalized spacial score (nSPS) is 10.9. The van der Waals surface area contributed by atoms with Gasteiger partial charge in [0.15, 0.2) is 6.61 Å². The Hall–Kier alpha value is -4.44. The predicted octanol–water partition coefficient (Wildman–Crippen LogP) is 3.87. The van der Waals surface area contributed by atoms with Gasteiger partial charge in [-0.2, -0.15) is 0 Å². The van der Waals surface area contributed by atoms with E-state index < -0.39 is 10.0 Å². The molecule has 178 valence electrons. The molecular weight excluding hydrogens is 468 g/mol. The molecule has 4 aromatic rings. The standard InChI is InChI=1S/C25H22N4O5S/c30-24(18-34-22-11-9-21(10-12-22)33-17-19-5-2-1-3-6-19)28-20-7-13-23(14-8-20)35(31,32)29-25-26-15-4-16-27-25/h1-16H,17-18H2,(H,28,30)(H,26,27,29). The Bertz CT molecular complexity index is 1350. The van der Waals surface area contributed by atoms with E-state index in [1.165, 1.54) is 36.7 Å². The van der Waals surface area contributed by atoms with Crippen molar-refractivity contribution in [2.24, 2.45) is 0 Å². The van der Waals surface area contributed by atoms with E-state index >= 15 is 0 Å². The van der Waals surface area contributed by atoms with Gasteiger partial charge in [0, 0.05) is 18.1 Å². The quantitative estimate of drug-likeness (QED) is 0.346. The maximum absolute atomic E-state index is 12.4. The molecule has 0 saturated carbocycles. The molecule has 10 heteroatoms. The van der Waals surface area contributed by atoms with E-state index in [0.29, 0.717) is 23.8 Å². The molecule has 0 spiro atoms. The number of amides is 1. The molecule has 3 aromatic carbocycles. The molecule has 0 aliphatic rings. The predicted molar refractivity (Wildman–Crippen MR) is 131 cm³/mol. The molecule has 4 rings (SSSR count). The van der Waals surface area contributed by atoms with Crippen molar-refractivity contribution in [3.05, 3.63) is 103 Å². The van der Waals surface area contributed by atoms with E-state index in [4.69, 9.17) is 9.47 Å². The van der Waals surface area contributed by atoms with Gasteiger partial charge in [0.25, 0.3) is 15.9 Å². The van der Waals surface area contributed by atoms with E-state index in [9.17, 15) is 13.2 Å². The van der Waals surface area contributed by atoms with Crippen molar-refractivity contribution in [1.82, 2.24) is 9.97 Å². The van der Waals surface area contributed by atoms with Gasteiger partial charge >= 0.3 is 0 Å². The van der Waals surface area contributed by atoms with Crippen LogP contribution in [-0.4, -0.2) is 30.9 Å². The first-order valence-electron chi connectivity index (χ1n) is 10.6. The van der Waals surface area contributed by atoms with Gasteiger partial charge in [0.1, 0.15) is 18.1 Å². The van der Waals surface area contributed by atoms with Crippen molar-refractivity contribution < 1.29 is 22.7 Å². The summed E-state index contributed by atoms with van der Waals surface area (Å²) in [7, 11) is -3.85. The fourth-order valence-electron chi connectivity index (χ4n) is 2.97. The van der Waals surface area contributed by atoms with Crippen LogP contribution in [0.15, 0.2) is 102 Å². The molecule has 9 nitrogen and oxygen atoms in total. The highest BCUT2D eigenvalue weighted by molar-refractivity contribution is 7.92. The van der Waals surface area contributed by atoms with Crippen molar-refractivity contribution in [2.75, 3.05) is 16.6 Å². The number of benzene rings is 3. The summed E-state index contributed by atoms with van der Waals surface area (Å²) >= 11 is 0. The van der Waals surface area contributed by atoms with Crippen LogP contribution < -0.4 is 19.5 Å². The lowest BCUT2D eigenvalue weighted by molar-refractivity contribution is -0.118. The maximum atomic E-state index is 12.4. The van der Waals surface area contributed by atoms with Crippen LogP contribution in [0.25, 0.3) is 0 Å². The van der Waals surface area contributed by atoms with Gasteiger partial charge < -0.3 is 14.8 Å². The number of hydrogen-bond acceptors (Lipinski definition) is 7. The van der Waals surface area contributed by atoms with Crippen LogP contribution in [0, 0.1) is 0 Å². The van der Waals surface area contributed by atoms with E-state index in [-0.39, 0.29) is 23.4 Å². The highest BCUT2D eigenvalue weighted by Crippen LogP contribution is 2.19. The number of ether oxygens (including phenoxy) is 2. The van der Waals surface area contributed by atoms with E-state index in [0.717, 1.165) is 5.56 Å². The summed E-state index contributed by atoms with van der Waals surface area (Å²) in [5.74, 6) is 0.788. The highest BCUT2D eigenvalue weighted by atomic mass is 32.2. The van der Waals surface area contributed by atoms with Crippen LogP contribution in [0.3, 0.4) is 0 Å². The molecule has 0 bridgehead atoms. The van der Waals surface area contributed by atoms with Crippen LogP contribution in [0.4, 0.5) is 11.6 Å². The molecule has 1 aromatic heterocycles. The fraction of sp³-hybridized carbons (Fsp3) is 0.0800. The molecule has 0 radical (unpaired) electrons. The molecular formula is C25H22N4O5S. The molecule has 35 heavy (non-hydrogen) atoms. The van der Waals surface area contributed by atoms with Crippen molar-refractivity contribution in [3.8, 4) is 11.5 Å². The molecule has 0 unspecified atom stereocenters. The first kappa shape index (κ1) is 23.7. The number of carbonyl (C=O) groups is 1. The van der Waals surface area contributed by atoms with Crippen LogP contribution in [-0.2, 0) is 21.4 Å². The van der Waals surface area contributed by atoms with Gasteiger partial charge in [-0.05, 0) is 60.2 Å². The van der Waals surface area contributed by atoms with Gasteiger partial charge in [-0.15, -0.1) is 0 Å². The average molecular weight is 491 g/mol. The summed E-state index contributed by atoms with van der Waals surface area (Å²) in [6.45, 7) is 0.247. The first-order valence-corrected chi connectivity index (χ1v) is 12.1. The molecule has 1 heterocycles. The minimum absolute atomic E-state index is 0.00813. The van der Waals surface area contributed by atoms with Crippen molar-refractivity contribution in [3.63, 3.8) is 0 Å². The molecule has 0 saturated heterocycles. The first-order chi connectivity index (χ1) is 17.0. The van der Waals surface area contributed by atoms with Crippen LogP contribution in [0.2, 0.25) is 0 Å². The average Bonchev–Trinajstić information content (AvgIpc) is 2.88. The van der Waals surface area contributed by atoms with Gasteiger partial charge in [0.2, 0.25) is 5.95 Å². The Morgan fingerprint density at radius 1 is 0.771 bits per heavy atom. The molecule has 0 aliphatic carbocycles. The van der Waals surface area contributed by atoms with Gasteiger partial charge in [-0.25, -0.2) is 23.1 Å². The lowest BCUT2D eigenvalue weighted by atomic mass is 10.2. The summed E-state index contributed by atoms with van der Waals surface area (Å²) in [6.07, 6.45) is 2.86. The Kier molecular flexibility index (Phi) is 7.53. The third kappa shape index (κ3) is 7.02. The molecule has 1 amide bonds. The monoisotopic (exact) mass is 490 g/mol. The number of carbonyl (C=O) groups excluding carboxylic acids is 1. The van der Waals surface area contributed by atoms with Crippen LogP contribution in [0.5, 0.6) is 11.5 Å². The topological polar surface area (TPSA) is 120 Å². The Morgan fingerprint density at radius 2 is 1.40 bits per heavy atom. The Labute approximate surface area is 202 Å². The molecule has 0 aliphatic heterocycles. The van der Waals surface area contributed by atoms with Crippen molar-refractivity contribution >= 4 is 27.6 Å². The summed E-state index contributed by atoms with van der Waals surface area (Å²) in [5, 5.41) is 2.66. The second kappa shape index (κ2) is 11.1. The van der Waals surface area contributed by atoms with Gasteiger partial charge in [-0.3, -0.25) is 4.79 Å². The second-order valence-corrected chi connectivity index (χ2v) is 8.97. The van der Waals surface area contributed by atoms with Gasteiger partial charge in [-0.1, -0.05) is 30.3 Å². The third-order valence-electron chi connectivity index (χ3n) is 4.68. The maximum Gasteiger partial charge on any atom is 0.264 e. The molecule has 0 fully saturated rings. The molecule has 0 atom stereocenters. The largest absolute Gasteiger partial charge is 0.489 e. The van der Waals surface area contributed by atoms with E-state index in [1.807, 2.05) is 30.3 Å². The summed E-state index contributed by atoms with van der Waals surface area (Å²) in [6, 6.07) is 24.1. The van der Waals surface area contributed by atoms with Crippen molar-refractivity contribution in [1.29, 1.82) is 0 Å². The minimum atomic E-state index is -3.85. The number of sulfonamides is 1. The number of aromatic nitrogens is 2. The number of hydrogen-bond donors (Lipinski definition) is 2. The fourth-order valence-corrected chi connectivity index (χ4v) is 3.93. The lowest BCUT2D eigenvalue weighted by Crippen LogP contribution is -2.20. The smallest absolute Gasteiger partial charge is 0.264 e. The zero-order valence-electron chi connectivity index (χ0n) is 18.5. The third-order valence-corrected chi connectivity index (χ3v) is 6.03. The zero-order valence-corrected chi connectivity index (χ0v) is 19.3. The van der Waals surface area contributed by atoms with E-state index in [1.54, 1.807) is 30.3 Å². The number of anilines is 2. The second-order valence-electron chi connectivity index (χ2n) is 7.28.